The summed E-state index contributed by atoms with van der Waals surface area (Å²) in [5, 5.41) is 6.93. The lowest BCUT2D eigenvalue weighted by atomic mass is 9.93. The predicted octanol–water partition coefficient (Wildman–Crippen LogP) is 2.90. The number of carbonyl (C=O) groups is 2. The Morgan fingerprint density at radius 3 is 2.92 bits per heavy atom. The normalized spacial score (nSPS) is 14.8. The summed E-state index contributed by atoms with van der Waals surface area (Å²) in [6.45, 7) is 4.09. The first-order valence-electron chi connectivity index (χ1n) is 8.52. The van der Waals surface area contributed by atoms with E-state index in [4.69, 9.17) is 13.6 Å². The van der Waals surface area contributed by atoms with E-state index >= 15 is 0 Å². The minimum absolute atomic E-state index is 0.257. The summed E-state index contributed by atoms with van der Waals surface area (Å²) in [6.07, 6.45) is 3.19. The van der Waals surface area contributed by atoms with E-state index < -0.39 is 6.09 Å². The molecule has 0 bridgehead atoms. The Balaban J connectivity index is 1.77. The quantitative estimate of drug-likeness (QED) is 0.799. The van der Waals surface area contributed by atoms with Crippen molar-refractivity contribution in [3.63, 3.8) is 0 Å². The van der Waals surface area contributed by atoms with Crippen molar-refractivity contribution in [1.82, 2.24) is 10.7 Å². The van der Waals surface area contributed by atoms with Gasteiger partial charge < -0.3 is 18.9 Å². The van der Waals surface area contributed by atoms with Crippen molar-refractivity contribution in [2.24, 2.45) is 5.10 Å². The van der Waals surface area contributed by atoms with Crippen LogP contribution in [0.5, 0.6) is 0 Å². The fraction of sp³-hybridized carbons (Fsp3) is 0.389. The molecule has 0 unspecified atom stereocenters. The zero-order valence-electron chi connectivity index (χ0n) is 14.8. The van der Waals surface area contributed by atoms with Crippen molar-refractivity contribution in [1.29, 1.82) is 0 Å². The van der Waals surface area contributed by atoms with E-state index in [1.165, 1.54) is 0 Å². The van der Waals surface area contributed by atoms with Crippen LogP contribution in [0.3, 0.4) is 0 Å². The summed E-state index contributed by atoms with van der Waals surface area (Å²) in [5.41, 5.74) is 4.56. The summed E-state index contributed by atoms with van der Waals surface area (Å²) in [5.74, 6) is 1.31. The molecule has 1 aliphatic carbocycles. The van der Waals surface area contributed by atoms with Crippen molar-refractivity contribution in [3.8, 4) is 0 Å². The van der Waals surface area contributed by atoms with E-state index in [-0.39, 0.29) is 24.8 Å². The Morgan fingerprint density at radius 1 is 1.35 bits per heavy atom. The number of rotatable bonds is 5. The fourth-order valence-corrected chi connectivity index (χ4v) is 2.93. The highest BCUT2D eigenvalue weighted by Crippen LogP contribution is 2.29. The minimum Gasteiger partial charge on any atom is -0.467 e. The molecule has 2 aromatic heterocycles. The van der Waals surface area contributed by atoms with Crippen LogP contribution in [-0.2, 0) is 17.7 Å². The number of furan rings is 2. The van der Waals surface area contributed by atoms with Gasteiger partial charge in [-0.2, -0.15) is 5.10 Å². The maximum atomic E-state index is 12.5. The van der Waals surface area contributed by atoms with Crippen molar-refractivity contribution in [3.05, 3.63) is 46.8 Å². The summed E-state index contributed by atoms with van der Waals surface area (Å²) in [7, 11) is 0. The van der Waals surface area contributed by atoms with Gasteiger partial charge in [0.25, 0.3) is 5.91 Å². The molecule has 8 heteroatoms. The second-order valence-electron chi connectivity index (χ2n) is 5.86. The van der Waals surface area contributed by atoms with Crippen LogP contribution in [0.1, 0.15) is 53.0 Å². The molecule has 0 saturated carbocycles. The average Bonchev–Trinajstić information content (AvgIpc) is 3.26. The molecule has 138 valence electrons. The second kappa shape index (κ2) is 7.90. The molecule has 8 nitrogen and oxygen atoms in total. The molecule has 2 heterocycles. The lowest BCUT2D eigenvalue weighted by Gasteiger charge is -2.13. The predicted molar refractivity (Wildman–Crippen MR) is 93.0 cm³/mol. The third-order valence-electron chi connectivity index (χ3n) is 4.09. The molecule has 2 aromatic rings. The SMILES string of the molecule is CCOC(=O)N/N=C1\CCCc2oc(C(=O)NCc3ccco3)c(C)c21. The Labute approximate surface area is 150 Å². The molecular weight excluding hydrogens is 338 g/mol. The third-order valence-corrected chi connectivity index (χ3v) is 4.09. The number of hydrogen-bond acceptors (Lipinski definition) is 6. The molecule has 0 aromatic carbocycles. The number of hydrazone groups is 1. The lowest BCUT2D eigenvalue weighted by molar-refractivity contribution is 0.0917. The van der Waals surface area contributed by atoms with Gasteiger partial charge in [-0.3, -0.25) is 4.79 Å². The Bertz CT molecular complexity index is 820. The van der Waals surface area contributed by atoms with Crippen LogP contribution in [0.2, 0.25) is 0 Å². The van der Waals surface area contributed by atoms with Gasteiger partial charge in [-0.05, 0) is 38.8 Å². The second-order valence-corrected chi connectivity index (χ2v) is 5.86. The van der Waals surface area contributed by atoms with Gasteiger partial charge in [-0.1, -0.05) is 0 Å². The summed E-state index contributed by atoms with van der Waals surface area (Å²) >= 11 is 0. The van der Waals surface area contributed by atoms with Gasteiger partial charge in [-0.25, -0.2) is 10.2 Å². The third kappa shape index (κ3) is 3.79. The Hall–Kier alpha value is -3.03. The van der Waals surface area contributed by atoms with Crippen LogP contribution in [0.4, 0.5) is 4.79 Å². The monoisotopic (exact) mass is 359 g/mol. The average molecular weight is 359 g/mol. The highest BCUT2D eigenvalue weighted by Gasteiger charge is 2.28. The number of hydrogen-bond donors (Lipinski definition) is 2. The van der Waals surface area contributed by atoms with E-state index in [1.807, 2.05) is 6.92 Å². The molecule has 26 heavy (non-hydrogen) atoms. The Kier molecular flexibility index (Phi) is 5.40. The number of nitrogens with one attached hydrogen (secondary N) is 2. The van der Waals surface area contributed by atoms with Gasteiger partial charge >= 0.3 is 6.09 Å². The summed E-state index contributed by atoms with van der Waals surface area (Å²) < 4.78 is 15.8. The number of nitrogens with zero attached hydrogens (tertiary/aromatic N) is 1. The lowest BCUT2D eigenvalue weighted by Crippen LogP contribution is -2.23. The topological polar surface area (TPSA) is 106 Å². The summed E-state index contributed by atoms with van der Waals surface area (Å²) in [4.78, 5) is 23.9. The van der Waals surface area contributed by atoms with Crippen molar-refractivity contribution in [2.75, 3.05) is 6.61 Å². The zero-order chi connectivity index (χ0) is 18.5. The zero-order valence-corrected chi connectivity index (χ0v) is 14.8. The molecule has 2 N–H and O–H groups in total. The van der Waals surface area contributed by atoms with Gasteiger partial charge in [0.15, 0.2) is 5.76 Å². The standard InChI is InChI=1S/C18H21N3O5/c1-3-24-18(23)21-20-13-7-4-8-14-15(13)11(2)16(26-14)17(22)19-10-12-6-5-9-25-12/h5-6,9H,3-4,7-8,10H2,1-2H3,(H,19,22)(H,21,23)/b20-13+. The molecule has 1 aliphatic rings. The van der Waals surface area contributed by atoms with E-state index in [1.54, 1.807) is 25.3 Å². The van der Waals surface area contributed by atoms with Crippen molar-refractivity contribution in [2.45, 2.75) is 39.7 Å². The van der Waals surface area contributed by atoms with Crippen molar-refractivity contribution >= 4 is 17.7 Å². The van der Waals surface area contributed by atoms with Crippen LogP contribution in [0.25, 0.3) is 0 Å². The summed E-state index contributed by atoms with van der Waals surface area (Å²) in [6, 6.07) is 3.55. The first-order valence-corrected chi connectivity index (χ1v) is 8.52. The molecule has 0 atom stereocenters. The van der Waals surface area contributed by atoms with E-state index in [2.05, 4.69) is 15.8 Å². The highest BCUT2D eigenvalue weighted by molar-refractivity contribution is 6.06. The number of amides is 2. The molecule has 0 fully saturated rings. The highest BCUT2D eigenvalue weighted by atomic mass is 16.5. The molecule has 2 amide bonds. The largest absolute Gasteiger partial charge is 0.467 e. The molecule has 0 spiro atoms. The molecule has 3 rings (SSSR count). The Morgan fingerprint density at radius 2 is 2.19 bits per heavy atom. The van der Waals surface area contributed by atoms with E-state index in [0.29, 0.717) is 29.2 Å². The van der Waals surface area contributed by atoms with Gasteiger partial charge in [-0.15, -0.1) is 0 Å². The fourth-order valence-electron chi connectivity index (χ4n) is 2.93. The van der Waals surface area contributed by atoms with Crippen LogP contribution >= 0.6 is 0 Å². The number of aryl methyl sites for hydroxylation is 1. The minimum atomic E-state index is -0.607. The van der Waals surface area contributed by atoms with Gasteiger partial charge in [0, 0.05) is 17.5 Å². The maximum Gasteiger partial charge on any atom is 0.427 e. The number of fused-ring (bicyclic) bond motifs is 1. The van der Waals surface area contributed by atoms with Crippen molar-refractivity contribution < 1.29 is 23.2 Å². The van der Waals surface area contributed by atoms with Gasteiger partial charge in [0.1, 0.15) is 11.5 Å². The van der Waals surface area contributed by atoms with Gasteiger partial charge in [0.05, 0.1) is 25.1 Å². The van der Waals surface area contributed by atoms with Gasteiger partial charge in [0.2, 0.25) is 0 Å². The molecule has 0 saturated heterocycles. The molecule has 0 radical (unpaired) electrons. The van der Waals surface area contributed by atoms with Crippen LogP contribution in [-0.4, -0.2) is 24.3 Å². The number of ether oxygens (including phenoxy) is 1. The molecular formula is C18H21N3O5. The number of carbonyl (C=O) groups excluding carboxylic acids is 2. The van der Waals surface area contributed by atoms with Crippen LogP contribution < -0.4 is 10.7 Å². The van der Waals surface area contributed by atoms with E-state index in [9.17, 15) is 9.59 Å². The smallest absolute Gasteiger partial charge is 0.427 e. The molecule has 0 aliphatic heterocycles. The first-order chi connectivity index (χ1) is 12.6. The first kappa shape index (κ1) is 17.8. The van der Waals surface area contributed by atoms with E-state index in [0.717, 1.165) is 18.4 Å². The van der Waals surface area contributed by atoms with Crippen LogP contribution in [0.15, 0.2) is 32.3 Å². The maximum absolute atomic E-state index is 12.5. The van der Waals surface area contributed by atoms with Crippen LogP contribution in [0, 0.1) is 6.92 Å².